The predicted molar refractivity (Wildman–Crippen MR) is 69.3 cm³/mol. The Morgan fingerprint density at radius 2 is 1.38 bits per heavy atom. The average Bonchev–Trinajstić information content (AvgIpc) is 2.35. The lowest BCUT2D eigenvalue weighted by atomic mass is 10.2. The maximum atomic E-state index is 5.35. The Bertz CT molecular complexity index is 256. The molecular weight excluding hydrogens is 198 g/mol. The number of hydrogen-bond donors (Lipinski definition) is 1. The van der Waals surface area contributed by atoms with Crippen molar-refractivity contribution < 1.29 is 0 Å². The second-order valence-electron chi connectivity index (χ2n) is 4.30. The van der Waals surface area contributed by atoms with Crippen molar-refractivity contribution in [3.05, 3.63) is 35.9 Å². The molecule has 0 saturated carbocycles. The molecule has 1 aromatic carbocycles. The Balaban J connectivity index is 0.000000160. The molecule has 1 heterocycles. The van der Waals surface area contributed by atoms with Crippen molar-refractivity contribution >= 4 is 0 Å². The Labute approximate surface area is 98.8 Å². The van der Waals surface area contributed by atoms with Crippen LogP contribution in [0.1, 0.15) is 5.56 Å². The van der Waals surface area contributed by atoms with E-state index in [9.17, 15) is 0 Å². The first-order valence-corrected chi connectivity index (χ1v) is 5.83. The van der Waals surface area contributed by atoms with Gasteiger partial charge in [0.25, 0.3) is 0 Å². The third-order valence-electron chi connectivity index (χ3n) is 2.81. The largest absolute Gasteiger partial charge is 0.326 e. The minimum atomic E-state index is 0.640. The third kappa shape index (κ3) is 5.26. The Morgan fingerprint density at radius 3 is 1.69 bits per heavy atom. The van der Waals surface area contributed by atoms with Crippen LogP contribution in [0.3, 0.4) is 0 Å². The van der Waals surface area contributed by atoms with Gasteiger partial charge in [-0.05, 0) is 19.7 Å². The summed E-state index contributed by atoms with van der Waals surface area (Å²) in [6.07, 6.45) is 0. The topological polar surface area (TPSA) is 32.5 Å². The molecule has 1 fully saturated rings. The van der Waals surface area contributed by atoms with E-state index in [0.717, 1.165) is 0 Å². The molecule has 0 unspecified atom stereocenters. The van der Waals surface area contributed by atoms with Crippen LogP contribution in [0.5, 0.6) is 0 Å². The number of nitrogens with two attached hydrogens (primary N) is 1. The van der Waals surface area contributed by atoms with Crippen LogP contribution < -0.4 is 5.73 Å². The standard InChI is InChI=1S/C7H9N.C6H14N2/c8-6-7-4-2-1-3-5-7;1-7-3-5-8(2)6-4-7/h1-5H,6,8H2;3-6H2,1-2H3. The summed E-state index contributed by atoms with van der Waals surface area (Å²) in [6.45, 7) is 5.57. The van der Waals surface area contributed by atoms with Crippen molar-refractivity contribution in [3.63, 3.8) is 0 Å². The second kappa shape index (κ2) is 7.39. The van der Waals surface area contributed by atoms with E-state index in [4.69, 9.17) is 5.73 Å². The fourth-order valence-electron chi connectivity index (χ4n) is 1.52. The quantitative estimate of drug-likeness (QED) is 0.768. The molecule has 0 atom stereocenters. The molecule has 0 bridgehead atoms. The highest BCUT2D eigenvalue weighted by Gasteiger charge is 2.07. The summed E-state index contributed by atoms with van der Waals surface area (Å²) in [4.78, 5) is 4.72. The molecule has 16 heavy (non-hydrogen) atoms. The molecule has 1 aromatic rings. The molecule has 90 valence electrons. The third-order valence-corrected chi connectivity index (χ3v) is 2.81. The van der Waals surface area contributed by atoms with Gasteiger partial charge in [-0.2, -0.15) is 0 Å². The molecule has 3 nitrogen and oxygen atoms in total. The lowest BCUT2D eigenvalue weighted by Crippen LogP contribution is -2.42. The highest BCUT2D eigenvalue weighted by atomic mass is 15.2. The predicted octanol–water partition coefficient (Wildman–Crippen LogP) is 1.01. The summed E-state index contributed by atoms with van der Waals surface area (Å²) in [7, 11) is 4.35. The van der Waals surface area contributed by atoms with Gasteiger partial charge < -0.3 is 15.5 Å². The zero-order valence-electron chi connectivity index (χ0n) is 10.4. The van der Waals surface area contributed by atoms with E-state index in [2.05, 4.69) is 23.9 Å². The first-order chi connectivity index (χ1) is 7.72. The van der Waals surface area contributed by atoms with Crippen LogP contribution in [0.2, 0.25) is 0 Å². The number of rotatable bonds is 1. The van der Waals surface area contributed by atoms with Crippen molar-refractivity contribution in [3.8, 4) is 0 Å². The smallest absolute Gasteiger partial charge is 0.0178 e. The van der Waals surface area contributed by atoms with E-state index in [0.29, 0.717) is 6.54 Å². The van der Waals surface area contributed by atoms with E-state index in [1.165, 1.54) is 31.7 Å². The van der Waals surface area contributed by atoms with Crippen molar-refractivity contribution in [1.29, 1.82) is 0 Å². The summed E-state index contributed by atoms with van der Waals surface area (Å²) in [5.74, 6) is 0. The van der Waals surface area contributed by atoms with E-state index >= 15 is 0 Å². The van der Waals surface area contributed by atoms with Gasteiger partial charge in [-0.3, -0.25) is 0 Å². The zero-order valence-corrected chi connectivity index (χ0v) is 10.4. The number of benzene rings is 1. The van der Waals surface area contributed by atoms with Crippen LogP contribution in [0, 0.1) is 0 Å². The van der Waals surface area contributed by atoms with Gasteiger partial charge in [0.2, 0.25) is 0 Å². The van der Waals surface area contributed by atoms with Crippen LogP contribution in [-0.4, -0.2) is 50.1 Å². The summed E-state index contributed by atoms with van der Waals surface area (Å²) in [5, 5.41) is 0. The molecule has 0 aromatic heterocycles. The highest BCUT2D eigenvalue weighted by molar-refractivity contribution is 5.13. The maximum absolute atomic E-state index is 5.35. The molecule has 0 spiro atoms. The lowest BCUT2D eigenvalue weighted by Gasteiger charge is -2.28. The normalized spacial score (nSPS) is 17.7. The molecule has 0 amide bonds. The molecule has 0 aliphatic carbocycles. The van der Waals surface area contributed by atoms with Crippen molar-refractivity contribution in [2.24, 2.45) is 5.73 Å². The van der Waals surface area contributed by atoms with E-state index < -0.39 is 0 Å². The summed E-state index contributed by atoms with van der Waals surface area (Å²) >= 11 is 0. The van der Waals surface area contributed by atoms with Gasteiger partial charge in [0.15, 0.2) is 0 Å². The number of nitrogens with zero attached hydrogens (tertiary/aromatic N) is 2. The monoisotopic (exact) mass is 221 g/mol. The zero-order chi connectivity index (χ0) is 11.8. The van der Waals surface area contributed by atoms with Crippen molar-refractivity contribution in [2.45, 2.75) is 6.54 Å². The van der Waals surface area contributed by atoms with Crippen molar-refractivity contribution in [2.75, 3.05) is 40.3 Å². The minimum absolute atomic E-state index is 0.640. The van der Waals surface area contributed by atoms with Gasteiger partial charge in [0.1, 0.15) is 0 Å². The van der Waals surface area contributed by atoms with E-state index in [-0.39, 0.29) is 0 Å². The summed E-state index contributed by atoms with van der Waals surface area (Å²) in [5.41, 5.74) is 6.54. The molecule has 1 saturated heterocycles. The summed E-state index contributed by atoms with van der Waals surface area (Å²) < 4.78 is 0. The Kier molecular flexibility index (Phi) is 6.08. The Morgan fingerprint density at radius 1 is 0.938 bits per heavy atom. The van der Waals surface area contributed by atoms with Crippen LogP contribution in [0.25, 0.3) is 0 Å². The molecule has 1 aliphatic heterocycles. The molecule has 0 radical (unpaired) electrons. The van der Waals surface area contributed by atoms with Crippen molar-refractivity contribution in [1.82, 2.24) is 9.80 Å². The van der Waals surface area contributed by atoms with E-state index in [1.807, 2.05) is 30.3 Å². The molecule has 2 rings (SSSR count). The van der Waals surface area contributed by atoms with Crippen LogP contribution in [0.4, 0.5) is 0 Å². The van der Waals surface area contributed by atoms with Gasteiger partial charge in [-0.25, -0.2) is 0 Å². The molecule has 2 N–H and O–H groups in total. The minimum Gasteiger partial charge on any atom is -0.326 e. The molecule has 3 heteroatoms. The van der Waals surface area contributed by atoms with Gasteiger partial charge >= 0.3 is 0 Å². The van der Waals surface area contributed by atoms with Gasteiger partial charge in [-0.15, -0.1) is 0 Å². The van der Waals surface area contributed by atoms with Crippen LogP contribution >= 0.6 is 0 Å². The van der Waals surface area contributed by atoms with Crippen LogP contribution in [0.15, 0.2) is 30.3 Å². The van der Waals surface area contributed by atoms with Gasteiger partial charge in [0, 0.05) is 32.7 Å². The number of likely N-dealkylation sites (N-methyl/N-ethyl adjacent to an activating group) is 2. The fourth-order valence-corrected chi connectivity index (χ4v) is 1.52. The van der Waals surface area contributed by atoms with Gasteiger partial charge in [0.05, 0.1) is 0 Å². The lowest BCUT2D eigenvalue weighted by molar-refractivity contribution is 0.181. The highest BCUT2D eigenvalue weighted by Crippen LogP contribution is 1.94. The first-order valence-electron chi connectivity index (χ1n) is 5.83. The van der Waals surface area contributed by atoms with Crippen LogP contribution in [-0.2, 0) is 6.54 Å². The summed E-state index contributed by atoms with van der Waals surface area (Å²) in [6, 6.07) is 9.99. The Hall–Kier alpha value is -0.900. The number of hydrogen-bond acceptors (Lipinski definition) is 3. The number of piperazine rings is 1. The average molecular weight is 221 g/mol. The van der Waals surface area contributed by atoms with Gasteiger partial charge in [-0.1, -0.05) is 30.3 Å². The van der Waals surface area contributed by atoms with E-state index in [1.54, 1.807) is 0 Å². The first kappa shape index (κ1) is 13.2. The second-order valence-corrected chi connectivity index (χ2v) is 4.30. The SMILES string of the molecule is CN1CCN(C)CC1.NCc1ccccc1. The molecular formula is C13H23N3. The maximum Gasteiger partial charge on any atom is 0.0178 e. The molecule has 1 aliphatic rings. The fraction of sp³-hybridized carbons (Fsp3) is 0.538.